The lowest BCUT2D eigenvalue weighted by atomic mass is 9.85. The monoisotopic (exact) mass is 488 g/mol. The van der Waals surface area contributed by atoms with Gasteiger partial charge in [0.1, 0.15) is 18.4 Å². The molecule has 0 amide bonds. The van der Waals surface area contributed by atoms with Crippen molar-refractivity contribution in [3.63, 3.8) is 0 Å². The number of carbonyl (C=O) groups excluding carboxylic acids is 1. The second-order valence-corrected chi connectivity index (χ2v) is 10.5. The Labute approximate surface area is 211 Å². The van der Waals surface area contributed by atoms with Gasteiger partial charge in [0.15, 0.2) is 5.78 Å². The van der Waals surface area contributed by atoms with E-state index in [1.54, 1.807) is 11.8 Å². The van der Waals surface area contributed by atoms with Crippen molar-refractivity contribution in [1.82, 2.24) is 14.8 Å². The van der Waals surface area contributed by atoms with Gasteiger partial charge in [-0.25, -0.2) is 4.68 Å². The second-order valence-electron chi connectivity index (χ2n) is 9.43. The third kappa shape index (κ3) is 4.74. The van der Waals surface area contributed by atoms with Crippen LogP contribution in [0.5, 0.6) is 5.75 Å². The van der Waals surface area contributed by atoms with Gasteiger partial charge < -0.3 is 10.1 Å². The fourth-order valence-electron chi connectivity index (χ4n) is 4.78. The summed E-state index contributed by atoms with van der Waals surface area (Å²) in [6.45, 7) is 9.07. The van der Waals surface area contributed by atoms with Gasteiger partial charge in [-0.05, 0) is 80.0 Å². The van der Waals surface area contributed by atoms with Gasteiger partial charge in [0.05, 0.1) is 0 Å². The molecule has 2 heterocycles. The number of allylic oxidation sites excluding steroid dienone is 2. The number of nitrogens with zero attached hydrogens (tertiary/aromatic N) is 3. The van der Waals surface area contributed by atoms with Crippen LogP contribution >= 0.6 is 11.8 Å². The van der Waals surface area contributed by atoms with E-state index in [2.05, 4.69) is 57.3 Å². The quantitative estimate of drug-likeness (QED) is 0.393. The van der Waals surface area contributed by atoms with Crippen LogP contribution in [-0.2, 0) is 11.4 Å². The first-order chi connectivity index (χ1) is 16.9. The lowest BCUT2D eigenvalue weighted by molar-refractivity contribution is -0.116. The highest BCUT2D eigenvalue weighted by Gasteiger charge is 2.36. The van der Waals surface area contributed by atoms with Crippen molar-refractivity contribution in [3.8, 4) is 5.75 Å². The number of anilines is 1. The number of aromatic nitrogens is 3. The van der Waals surface area contributed by atoms with Crippen molar-refractivity contribution in [3.05, 3.63) is 75.5 Å². The maximum Gasteiger partial charge on any atom is 0.227 e. The number of fused-ring (bicyclic) bond motifs is 1. The van der Waals surface area contributed by atoms with E-state index >= 15 is 0 Å². The molecule has 2 aromatic carbocycles. The van der Waals surface area contributed by atoms with Crippen molar-refractivity contribution in [1.29, 1.82) is 0 Å². The number of hydrogen-bond donors (Lipinski definition) is 1. The molecule has 0 radical (unpaired) electrons. The number of hydrogen-bond acceptors (Lipinski definition) is 6. The molecule has 1 aromatic heterocycles. The fraction of sp³-hybridized carbons (Fsp3) is 0.393. The minimum absolute atomic E-state index is 0.193. The predicted octanol–water partition coefficient (Wildman–Crippen LogP) is 6.31. The van der Waals surface area contributed by atoms with Crippen molar-refractivity contribution in [2.75, 3.05) is 11.1 Å². The van der Waals surface area contributed by atoms with E-state index in [4.69, 9.17) is 14.8 Å². The smallest absolute Gasteiger partial charge is 0.227 e. The second kappa shape index (κ2) is 9.90. The van der Waals surface area contributed by atoms with E-state index < -0.39 is 0 Å². The van der Waals surface area contributed by atoms with Gasteiger partial charge >= 0.3 is 0 Å². The van der Waals surface area contributed by atoms with E-state index in [1.165, 1.54) is 22.3 Å². The number of rotatable bonds is 7. The Hall–Kier alpha value is -3.06. The van der Waals surface area contributed by atoms with Crippen LogP contribution in [0.25, 0.3) is 0 Å². The van der Waals surface area contributed by atoms with Crippen LogP contribution in [0.4, 0.5) is 5.95 Å². The first kappa shape index (κ1) is 23.7. The molecule has 5 rings (SSSR count). The molecule has 35 heavy (non-hydrogen) atoms. The Bertz CT molecular complexity index is 1290. The number of ketones is 1. The molecule has 0 saturated heterocycles. The molecule has 6 nitrogen and oxygen atoms in total. The normalized spacial score (nSPS) is 17.1. The Kier molecular flexibility index (Phi) is 6.69. The number of benzene rings is 2. The van der Waals surface area contributed by atoms with Crippen LogP contribution in [0, 0.1) is 20.8 Å². The zero-order valence-electron chi connectivity index (χ0n) is 20.9. The number of Topliss-reactive ketones (excluding diaryl/α,β-unsaturated/α-hetero) is 1. The summed E-state index contributed by atoms with van der Waals surface area (Å²) in [5, 5.41) is 8.93. The molecule has 1 aliphatic heterocycles. The van der Waals surface area contributed by atoms with Crippen LogP contribution in [0.3, 0.4) is 0 Å². The first-order valence-corrected chi connectivity index (χ1v) is 13.3. The Morgan fingerprint density at radius 3 is 2.63 bits per heavy atom. The summed E-state index contributed by atoms with van der Waals surface area (Å²) in [5.41, 5.74) is 7.84. The van der Waals surface area contributed by atoms with E-state index in [-0.39, 0.29) is 11.8 Å². The van der Waals surface area contributed by atoms with E-state index in [9.17, 15) is 4.79 Å². The van der Waals surface area contributed by atoms with Crippen LogP contribution in [0.1, 0.15) is 66.5 Å². The molecule has 1 unspecified atom stereocenters. The highest BCUT2D eigenvalue weighted by atomic mass is 32.2. The molecule has 3 aromatic rings. The number of aryl methyl sites for hydroxylation is 3. The summed E-state index contributed by atoms with van der Waals surface area (Å²) in [7, 11) is 0. The summed E-state index contributed by atoms with van der Waals surface area (Å²) in [6.07, 6.45) is 3.36. The van der Waals surface area contributed by atoms with Crippen molar-refractivity contribution >= 4 is 23.5 Å². The molecule has 7 heteroatoms. The van der Waals surface area contributed by atoms with E-state index in [0.29, 0.717) is 19.0 Å². The fourth-order valence-corrected chi connectivity index (χ4v) is 5.47. The summed E-state index contributed by atoms with van der Waals surface area (Å²) in [4.78, 5) is 17.7. The Morgan fingerprint density at radius 1 is 1.09 bits per heavy atom. The van der Waals surface area contributed by atoms with Gasteiger partial charge in [-0.15, -0.1) is 5.10 Å². The largest absolute Gasteiger partial charge is 0.489 e. The zero-order chi connectivity index (χ0) is 24.5. The molecular weight excluding hydrogens is 456 g/mol. The van der Waals surface area contributed by atoms with Crippen LogP contribution < -0.4 is 10.1 Å². The molecule has 1 N–H and O–H groups in total. The topological polar surface area (TPSA) is 69.0 Å². The van der Waals surface area contributed by atoms with Crippen molar-refractivity contribution < 1.29 is 9.53 Å². The number of nitrogens with one attached hydrogen (secondary N) is 1. The molecule has 0 bridgehead atoms. The van der Waals surface area contributed by atoms with Crippen LogP contribution in [0.15, 0.2) is 52.8 Å². The average Bonchev–Trinajstić information content (AvgIpc) is 3.26. The zero-order valence-corrected chi connectivity index (χ0v) is 21.7. The van der Waals surface area contributed by atoms with Crippen LogP contribution in [0.2, 0.25) is 0 Å². The lowest BCUT2D eigenvalue weighted by Gasteiger charge is -2.32. The van der Waals surface area contributed by atoms with Gasteiger partial charge in [0.2, 0.25) is 11.1 Å². The SMILES string of the molecule is CCCSc1nc2n(n1)C(c1ccc(OCc3cc(C)c(C)cc3C)cc1)C1=C(CCCC1=O)N2. The molecular formula is C28H32N4O2S. The van der Waals surface area contributed by atoms with Gasteiger partial charge in [-0.2, -0.15) is 4.98 Å². The van der Waals surface area contributed by atoms with Crippen molar-refractivity contribution in [2.24, 2.45) is 0 Å². The third-order valence-electron chi connectivity index (χ3n) is 6.83. The molecule has 182 valence electrons. The van der Waals surface area contributed by atoms with Gasteiger partial charge in [-0.3, -0.25) is 4.79 Å². The summed E-state index contributed by atoms with van der Waals surface area (Å²) in [5.74, 6) is 2.68. The molecule has 1 atom stereocenters. The minimum Gasteiger partial charge on any atom is -0.489 e. The summed E-state index contributed by atoms with van der Waals surface area (Å²) >= 11 is 1.65. The number of thioether (sulfide) groups is 1. The van der Waals surface area contributed by atoms with Gasteiger partial charge in [0, 0.05) is 23.4 Å². The van der Waals surface area contributed by atoms with Gasteiger partial charge in [0.25, 0.3) is 0 Å². The molecule has 0 fully saturated rings. The summed E-state index contributed by atoms with van der Waals surface area (Å²) in [6, 6.07) is 12.2. The predicted molar refractivity (Wildman–Crippen MR) is 140 cm³/mol. The third-order valence-corrected chi connectivity index (χ3v) is 7.87. The van der Waals surface area contributed by atoms with E-state index in [1.807, 2.05) is 16.8 Å². The standard InChI is InChI=1S/C28H32N4O2S/c1-5-13-35-28-30-27-29-23-7-6-8-24(33)25(23)26(32(27)31-28)20-9-11-22(12-10-20)34-16-21-15-18(3)17(2)14-19(21)4/h9-12,14-15,26H,5-8,13,16H2,1-4H3,(H,29,30,31). The lowest BCUT2D eigenvalue weighted by Crippen LogP contribution is -2.31. The summed E-state index contributed by atoms with van der Waals surface area (Å²) < 4.78 is 8.01. The molecule has 2 aliphatic rings. The van der Waals surface area contributed by atoms with Gasteiger partial charge in [-0.1, -0.05) is 43.0 Å². The molecule has 0 saturated carbocycles. The maximum absolute atomic E-state index is 13.0. The molecule has 0 spiro atoms. The number of carbonyl (C=O) groups is 1. The van der Waals surface area contributed by atoms with Crippen molar-refractivity contribution in [2.45, 2.75) is 71.2 Å². The number of ether oxygens (including phenoxy) is 1. The minimum atomic E-state index is -0.270. The van der Waals surface area contributed by atoms with E-state index in [0.717, 1.165) is 52.8 Å². The highest BCUT2D eigenvalue weighted by molar-refractivity contribution is 7.99. The average molecular weight is 489 g/mol. The molecule has 1 aliphatic carbocycles. The Balaban J connectivity index is 1.42. The maximum atomic E-state index is 13.0. The highest BCUT2D eigenvalue weighted by Crippen LogP contribution is 2.41. The van der Waals surface area contributed by atoms with Crippen LogP contribution in [-0.4, -0.2) is 26.3 Å². The Morgan fingerprint density at radius 2 is 1.86 bits per heavy atom. The first-order valence-electron chi connectivity index (χ1n) is 12.4.